The third-order valence-corrected chi connectivity index (χ3v) is 7.35. The van der Waals surface area contributed by atoms with Crippen LogP contribution in [0.1, 0.15) is 6.42 Å². The highest BCUT2D eigenvalue weighted by molar-refractivity contribution is 7.80. The van der Waals surface area contributed by atoms with Crippen LogP contribution in [0.3, 0.4) is 0 Å². The average Bonchev–Trinajstić information content (AvgIpc) is 3.18. The summed E-state index contributed by atoms with van der Waals surface area (Å²) < 4.78 is 5.38. The standard InChI is InChI=1S/C24H30N4O4S/c29-19-14-17(23(31)25-8-9-27-10-12-32-13-11-27)21-20(22(19)30)26-24(33)28(21)18-7-3-5-15-4-1-2-6-16(15)18/h1-7,17,19-22,29-30H,8-14H2,(H,25,31)(H,26,33)/t17-,19-,20-,21-,22+/m1/s1. The molecule has 0 unspecified atom stereocenters. The number of anilines is 1. The Bertz CT molecular complexity index is 1030. The van der Waals surface area contributed by atoms with Gasteiger partial charge in [-0.25, -0.2) is 0 Å². The maximum Gasteiger partial charge on any atom is 0.225 e. The monoisotopic (exact) mass is 470 g/mol. The minimum atomic E-state index is -1.01. The van der Waals surface area contributed by atoms with E-state index in [0.29, 0.717) is 24.9 Å². The van der Waals surface area contributed by atoms with Gasteiger partial charge in [0.15, 0.2) is 5.11 Å². The number of morpholine rings is 1. The first-order chi connectivity index (χ1) is 16.0. The Morgan fingerprint density at radius 3 is 2.73 bits per heavy atom. The lowest BCUT2D eigenvalue weighted by Gasteiger charge is -2.41. The van der Waals surface area contributed by atoms with Crippen molar-refractivity contribution < 1.29 is 19.7 Å². The number of fused-ring (bicyclic) bond motifs is 2. The lowest BCUT2D eigenvalue weighted by molar-refractivity contribution is -0.131. The molecule has 2 heterocycles. The number of nitrogens with one attached hydrogen (secondary N) is 2. The van der Waals surface area contributed by atoms with Gasteiger partial charge >= 0.3 is 0 Å². The van der Waals surface area contributed by atoms with Crippen LogP contribution < -0.4 is 15.5 Å². The molecule has 1 saturated carbocycles. The fourth-order valence-corrected chi connectivity index (χ4v) is 5.69. The van der Waals surface area contributed by atoms with Gasteiger partial charge in [0.1, 0.15) is 6.10 Å². The Balaban J connectivity index is 1.40. The lowest BCUT2D eigenvalue weighted by atomic mass is 9.77. The van der Waals surface area contributed by atoms with Crippen molar-refractivity contribution in [3.63, 3.8) is 0 Å². The number of aliphatic hydroxyl groups excluding tert-OH is 2. The summed E-state index contributed by atoms with van der Waals surface area (Å²) >= 11 is 5.68. The molecule has 9 heteroatoms. The maximum absolute atomic E-state index is 13.3. The molecule has 5 rings (SSSR count). The summed E-state index contributed by atoms with van der Waals surface area (Å²) in [6.07, 6.45) is -1.83. The van der Waals surface area contributed by atoms with Crippen LogP contribution in [0.15, 0.2) is 42.5 Å². The number of carbonyl (C=O) groups is 1. The van der Waals surface area contributed by atoms with Gasteiger partial charge in [0.2, 0.25) is 5.91 Å². The summed E-state index contributed by atoms with van der Waals surface area (Å²) in [7, 11) is 0. The minimum Gasteiger partial charge on any atom is -0.390 e. The fraction of sp³-hybridized carbons (Fsp3) is 0.500. The fourth-order valence-electron chi connectivity index (χ4n) is 5.33. The number of hydrogen-bond donors (Lipinski definition) is 4. The third kappa shape index (κ3) is 4.31. The van der Waals surface area contributed by atoms with E-state index in [9.17, 15) is 15.0 Å². The quantitative estimate of drug-likeness (QED) is 0.468. The summed E-state index contributed by atoms with van der Waals surface area (Å²) in [5.74, 6) is -0.647. The maximum atomic E-state index is 13.3. The van der Waals surface area contributed by atoms with Crippen LogP contribution in [0.5, 0.6) is 0 Å². The van der Waals surface area contributed by atoms with Crippen molar-refractivity contribution in [1.29, 1.82) is 0 Å². The Kier molecular flexibility index (Phi) is 6.49. The van der Waals surface area contributed by atoms with E-state index >= 15 is 0 Å². The second kappa shape index (κ2) is 9.52. The zero-order valence-electron chi connectivity index (χ0n) is 18.4. The van der Waals surface area contributed by atoms with Crippen LogP contribution in [0.4, 0.5) is 5.69 Å². The highest BCUT2D eigenvalue weighted by Crippen LogP contribution is 2.39. The van der Waals surface area contributed by atoms with Gasteiger partial charge in [0, 0.05) is 31.6 Å². The van der Waals surface area contributed by atoms with Gasteiger partial charge in [-0.3, -0.25) is 9.69 Å². The SMILES string of the molecule is O=C(NCCN1CCOCC1)[C@@H]1C[C@@H](O)[C@H](O)[C@@H]2NC(=S)N(c3cccc4ccccc34)[C@@H]21. The van der Waals surface area contributed by atoms with E-state index in [1.54, 1.807) is 0 Å². The van der Waals surface area contributed by atoms with Crippen LogP contribution in [0.25, 0.3) is 10.8 Å². The number of carbonyl (C=O) groups excluding carboxylic acids is 1. The number of ether oxygens (including phenoxy) is 1. The van der Waals surface area contributed by atoms with E-state index in [1.165, 1.54) is 0 Å². The summed E-state index contributed by atoms with van der Waals surface area (Å²) in [6, 6.07) is 13.1. The van der Waals surface area contributed by atoms with Crippen molar-refractivity contribution >= 4 is 39.7 Å². The molecule has 8 nitrogen and oxygen atoms in total. The van der Waals surface area contributed by atoms with Crippen molar-refractivity contribution in [3.8, 4) is 0 Å². The van der Waals surface area contributed by atoms with Gasteiger partial charge in [-0.05, 0) is 30.1 Å². The normalized spacial score (nSPS) is 30.2. The number of hydrogen-bond acceptors (Lipinski definition) is 6. The Morgan fingerprint density at radius 1 is 1.15 bits per heavy atom. The Labute approximate surface area is 198 Å². The molecule has 1 aliphatic carbocycles. The van der Waals surface area contributed by atoms with E-state index < -0.39 is 30.2 Å². The second-order valence-electron chi connectivity index (χ2n) is 8.98. The van der Waals surface area contributed by atoms with Gasteiger partial charge in [-0.1, -0.05) is 36.4 Å². The number of aliphatic hydroxyl groups is 2. The third-order valence-electron chi connectivity index (χ3n) is 7.04. The molecule has 1 amide bonds. The largest absolute Gasteiger partial charge is 0.390 e. The minimum absolute atomic E-state index is 0.124. The molecule has 3 fully saturated rings. The predicted molar refractivity (Wildman–Crippen MR) is 130 cm³/mol. The summed E-state index contributed by atoms with van der Waals surface area (Å²) in [6.45, 7) is 4.44. The molecule has 0 radical (unpaired) electrons. The van der Waals surface area contributed by atoms with Gasteiger partial charge in [0.05, 0.1) is 43.0 Å². The second-order valence-corrected chi connectivity index (χ2v) is 9.37. The van der Waals surface area contributed by atoms with Crippen molar-refractivity contribution in [2.45, 2.75) is 30.7 Å². The molecular formula is C24H30N4O4S. The molecule has 5 atom stereocenters. The van der Waals surface area contributed by atoms with Gasteiger partial charge in [0.25, 0.3) is 0 Å². The van der Waals surface area contributed by atoms with Crippen LogP contribution in [-0.2, 0) is 9.53 Å². The highest BCUT2D eigenvalue weighted by atomic mass is 32.1. The van der Waals surface area contributed by atoms with E-state index in [4.69, 9.17) is 17.0 Å². The first-order valence-electron chi connectivity index (χ1n) is 11.6. The molecule has 33 heavy (non-hydrogen) atoms. The molecule has 2 saturated heterocycles. The summed E-state index contributed by atoms with van der Waals surface area (Å²) in [4.78, 5) is 17.6. The number of nitrogens with zero attached hydrogens (tertiary/aromatic N) is 2. The molecule has 0 bridgehead atoms. The molecule has 2 aromatic carbocycles. The predicted octanol–water partition coefficient (Wildman–Crippen LogP) is 0.462. The van der Waals surface area contributed by atoms with Crippen molar-refractivity contribution in [1.82, 2.24) is 15.5 Å². The number of rotatable bonds is 5. The first kappa shape index (κ1) is 22.5. The zero-order chi connectivity index (χ0) is 22.9. The Hall–Kier alpha value is -2.30. The number of benzene rings is 2. The van der Waals surface area contributed by atoms with Crippen LogP contribution >= 0.6 is 12.2 Å². The van der Waals surface area contributed by atoms with Crippen LogP contribution in [0, 0.1) is 5.92 Å². The van der Waals surface area contributed by atoms with Crippen LogP contribution in [0.2, 0.25) is 0 Å². The van der Waals surface area contributed by atoms with E-state index in [2.05, 4.69) is 15.5 Å². The van der Waals surface area contributed by atoms with Crippen molar-refractivity contribution in [3.05, 3.63) is 42.5 Å². The topological polar surface area (TPSA) is 97.3 Å². The smallest absolute Gasteiger partial charge is 0.225 e. The van der Waals surface area contributed by atoms with Gasteiger partial charge in [-0.2, -0.15) is 0 Å². The molecule has 176 valence electrons. The Morgan fingerprint density at radius 2 is 1.91 bits per heavy atom. The number of thiocarbonyl (C=S) groups is 1. The van der Waals surface area contributed by atoms with Gasteiger partial charge < -0.3 is 30.5 Å². The molecule has 2 aromatic rings. The zero-order valence-corrected chi connectivity index (χ0v) is 19.2. The molecule has 0 aromatic heterocycles. The van der Waals surface area contributed by atoms with Crippen molar-refractivity contribution in [2.75, 3.05) is 44.3 Å². The molecule has 2 aliphatic heterocycles. The number of amides is 1. The average molecular weight is 471 g/mol. The molecule has 4 N–H and O–H groups in total. The van der Waals surface area contributed by atoms with E-state index in [0.717, 1.165) is 36.1 Å². The lowest BCUT2D eigenvalue weighted by Crippen LogP contribution is -2.61. The highest BCUT2D eigenvalue weighted by Gasteiger charge is 2.54. The summed E-state index contributed by atoms with van der Waals surface area (Å²) in [5.41, 5.74) is 0.896. The first-order valence-corrected chi connectivity index (χ1v) is 12.0. The molecule has 3 aliphatic rings. The van der Waals surface area contributed by atoms with E-state index in [1.807, 2.05) is 47.4 Å². The summed E-state index contributed by atoms with van der Waals surface area (Å²) in [5, 5.41) is 30.1. The van der Waals surface area contributed by atoms with E-state index in [-0.39, 0.29) is 12.3 Å². The molecular weight excluding hydrogens is 440 g/mol. The molecule has 0 spiro atoms. The van der Waals surface area contributed by atoms with Crippen LogP contribution in [-0.4, -0.2) is 89.8 Å². The van der Waals surface area contributed by atoms with Gasteiger partial charge in [-0.15, -0.1) is 0 Å². The van der Waals surface area contributed by atoms with Crippen molar-refractivity contribution in [2.24, 2.45) is 5.92 Å².